The second kappa shape index (κ2) is 10.8. The van der Waals surface area contributed by atoms with Crippen molar-refractivity contribution in [2.24, 2.45) is 5.92 Å². The van der Waals surface area contributed by atoms with Crippen LogP contribution >= 0.6 is 11.8 Å². The molecule has 0 aliphatic carbocycles. The summed E-state index contributed by atoms with van der Waals surface area (Å²) in [4.78, 5) is 6.04. The number of hydrogen-bond donors (Lipinski definition) is 3. The fraction of sp³-hybridized carbons (Fsp3) is 0.308. The molecule has 5 rings (SSSR count). The molecule has 0 atom stereocenters. The molecule has 1 saturated heterocycles. The SMILES string of the molecule is CO.CSc1cccc(-c2c[nH][n+]3cc(-c4ccc(CC5CCNCC5)cc4)cnc23)c1. The van der Waals surface area contributed by atoms with Gasteiger partial charge in [0.05, 0.1) is 17.3 Å². The van der Waals surface area contributed by atoms with Crippen molar-refractivity contribution >= 4 is 17.4 Å². The average molecular weight is 448 g/mol. The molecule has 6 heteroatoms. The number of H-pyrrole nitrogens is 1. The lowest BCUT2D eigenvalue weighted by molar-refractivity contribution is -0.578. The lowest BCUT2D eigenvalue weighted by Gasteiger charge is -2.22. The molecule has 2 aromatic heterocycles. The number of aromatic nitrogens is 3. The van der Waals surface area contributed by atoms with Gasteiger partial charge in [-0.2, -0.15) is 0 Å². The molecule has 1 fully saturated rings. The van der Waals surface area contributed by atoms with E-state index in [2.05, 4.69) is 71.4 Å². The van der Waals surface area contributed by atoms with Crippen LogP contribution in [-0.4, -0.2) is 41.6 Å². The van der Waals surface area contributed by atoms with Crippen LogP contribution in [0.2, 0.25) is 0 Å². The Morgan fingerprint density at radius 2 is 1.81 bits per heavy atom. The maximum Gasteiger partial charge on any atom is 0.355 e. The van der Waals surface area contributed by atoms with E-state index in [4.69, 9.17) is 10.1 Å². The first-order chi connectivity index (χ1) is 15.8. The summed E-state index contributed by atoms with van der Waals surface area (Å²) in [6.45, 7) is 2.32. The molecule has 0 radical (unpaired) electrons. The fourth-order valence-corrected chi connectivity index (χ4v) is 4.79. The molecule has 1 aliphatic rings. The zero-order valence-electron chi connectivity index (χ0n) is 18.7. The fourth-order valence-electron chi connectivity index (χ4n) is 4.33. The van der Waals surface area contributed by atoms with E-state index in [9.17, 15) is 0 Å². The molecule has 166 valence electrons. The van der Waals surface area contributed by atoms with Gasteiger partial charge >= 0.3 is 5.65 Å². The predicted molar refractivity (Wildman–Crippen MR) is 132 cm³/mol. The summed E-state index contributed by atoms with van der Waals surface area (Å²) < 4.78 is 2.01. The highest BCUT2D eigenvalue weighted by atomic mass is 32.2. The molecular formula is C26H31N4OS+. The quantitative estimate of drug-likeness (QED) is 0.314. The van der Waals surface area contributed by atoms with E-state index < -0.39 is 0 Å². The number of hydrogen-bond acceptors (Lipinski definition) is 4. The molecule has 2 aromatic carbocycles. The van der Waals surface area contributed by atoms with Gasteiger partial charge in [-0.1, -0.05) is 36.4 Å². The van der Waals surface area contributed by atoms with Crippen LogP contribution in [0.15, 0.2) is 72.0 Å². The summed E-state index contributed by atoms with van der Waals surface area (Å²) in [5, 5.41) is 13.8. The van der Waals surface area contributed by atoms with Crippen molar-refractivity contribution in [3.05, 3.63) is 72.7 Å². The second-order valence-electron chi connectivity index (χ2n) is 8.05. The minimum absolute atomic E-state index is 0.813. The van der Waals surface area contributed by atoms with Crippen LogP contribution in [0.25, 0.3) is 27.9 Å². The van der Waals surface area contributed by atoms with Crippen LogP contribution in [0.3, 0.4) is 0 Å². The molecule has 5 nitrogen and oxygen atoms in total. The molecule has 0 amide bonds. The van der Waals surface area contributed by atoms with Crippen molar-refractivity contribution in [2.75, 3.05) is 26.5 Å². The summed E-state index contributed by atoms with van der Waals surface area (Å²) in [6.07, 6.45) is 12.0. The highest BCUT2D eigenvalue weighted by Gasteiger charge is 2.17. The number of rotatable bonds is 5. The van der Waals surface area contributed by atoms with E-state index in [1.54, 1.807) is 11.8 Å². The van der Waals surface area contributed by atoms with Crippen molar-refractivity contribution in [1.29, 1.82) is 0 Å². The Bertz CT molecular complexity index is 1150. The highest BCUT2D eigenvalue weighted by Crippen LogP contribution is 2.27. The van der Waals surface area contributed by atoms with Gasteiger partial charge in [-0.15, -0.1) is 16.3 Å². The third-order valence-electron chi connectivity index (χ3n) is 6.06. The standard InChI is InChI=1S/C25H26N4S.CH4O/c1-30-23-4-2-3-21(14-23)24-16-28-29-17-22(15-27-25(24)29)20-7-5-18(6-8-20)13-19-9-11-26-12-10-19;1-2/h2-8,14-17,19,26H,9-13H2,1H3;2H,1H3/p+1. The van der Waals surface area contributed by atoms with Gasteiger partial charge in [0.2, 0.25) is 0 Å². The Hall–Kier alpha value is -2.67. The molecule has 32 heavy (non-hydrogen) atoms. The summed E-state index contributed by atoms with van der Waals surface area (Å²) >= 11 is 1.76. The first kappa shape index (κ1) is 22.5. The van der Waals surface area contributed by atoms with Gasteiger partial charge < -0.3 is 10.4 Å². The van der Waals surface area contributed by atoms with Crippen LogP contribution in [0.1, 0.15) is 18.4 Å². The number of benzene rings is 2. The Morgan fingerprint density at radius 3 is 2.56 bits per heavy atom. The molecule has 0 saturated carbocycles. The molecule has 3 heterocycles. The summed E-state index contributed by atoms with van der Waals surface area (Å²) in [6, 6.07) is 17.6. The summed E-state index contributed by atoms with van der Waals surface area (Å²) in [7, 11) is 1.00. The largest absolute Gasteiger partial charge is 0.400 e. The predicted octanol–water partition coefficient (Wildman–Crippen LogP) is 4.35. The van der Waals surface area contributed by atoms with E-state index in [0.717, 1.165) is 42.9 Å². The summed E-state index contributed by atoms with van der Waals surface area (Å²) in [5.74, 6) is 0.813. The van der Waals surface area contributed by atoms with Gasteiger partial charge in [0.15, 0.2) is 6.20 Å². The van der Waals surface area contributed by atoms with Gasteiger partial charge in [-0.25, -0.2) is 5.10 Å². The summed E-state index contributed by atoms with van der Waals surface area (Å²) in [5.41, 5.74) is 7.00. The van der Waals surface area contributed by atoms with Crippen LogP contribution in [0.5, 0.6) is 0 Å². The van der Waals surface area contributed by atoms with Gasteiger partial charge in [0, 0.05) is 12.0 Å². The minimum Gasteiger partial charge on any atom is -0.400 e. The van der Waals surface area contributed by atoms with E-state index in [1.165, 1.54) is 40.8 Å². The zero-order chi connectivity index (χ0) is 22.3. The number of aliphatic hydroxyl groups excluding tert-OH is 1. The van der Waals surface area contributed by atoms with Crippen molar-refractivity contribution < 1.29 is 9.62 Å². The molecule has 3 N–H and O–H groups in total. The zero-order valence-corrected chi connectivity index (χ0v) is 19.5. The van der Waals surface area contributed by atoms with Crippen molar-refractivity contribution in [3.63, 3.8) is 0 Å². The van der Waals surface area contributed by atoms with Crippen LogP contribution in [-0.2, 0) is 6.42 Å². The molecule has 0 spiro atoms. The minimum atomic E-state index is 0.813. The smallest absolute Gasteiger partial charge is 0.355 e. The number of piperidine rings is 1. The first-order valence-corrected chi connectivity index (χ1v) is 12.3. The van der Waals surface area contributed by atoms with E-state index in [-0.39, 0.29) is 0 Å². The Kier molecular flexibility index (Phi) is 7.58. The normalized spacial score (nSPS) is 14.2. The third-order valence-corrected chi connectivity index (χ3v) is 6.79. The molecule has 1 aliphatic heterocycles. The maximum absolute atomic E-state index is 7.00. The van der Waals surface area contributed by atoms with E-state index >= 15 is 0 Å². The number of fused-ring (bicyclic) bond motifs is 1. The lowest BCUT2D eigenvalue weighted by atomic mass is 9.90. The number of thioether (sulfide) groups is 1. The van der Waals surface area contributed by atoms with Gasteiger partial charge in [0.25, 0.3) is 0 Å². The Morgan fingerprint density at radius 1 is 1.03 bits per heavy atom. The Labute approximate surface area is 193 Å². The number of nitrogens with zero attached hydrogens (tertiary/aromatic N) is 2. The highest BCUT2D eigenvalue weighted by molar-refractivity contribution is 7.98. The van der Waals surface area contributed by atoms with Crippen LogP contribution < -0.4 is 9.83 Å². The van der Waals surface area contributed by atoms with E-state index in [1.807, 2.05) is 16.9 Å². The Balaban J connectivity index is 0.00000119. The molecule has 0 bridgehead atoms. The monoisotopic (exact) mass is 447 g/mol. The molecule has 4 aromatic rings. The van der Waals surface area contributed by atoms with Crippen LogP contribution in [0, 0.1) is 5.92 Å². The average Bonchev–Trinajstić information content (AvgIpc) is 3.30. The van der Waals surface area contributed by atoms with Gasteiger partial charge in [-0.3, -0.25) is 0 Å². The van der Waals surface area contributed by atoms with Crippen molar-refractivity contribution in [3.8, 4) is 22.3 Å². The van der Waals surface area contributed by atoms with Gasteiger partial charge in [-0.05, 0) is 78.3 Å². The number of aromatic amines is 1. The number of nitrogens with one attached hydrogen (secondary N) is 2. The van der Waals surface area contributed by atoms with Crippen LogP contribution in [0.4, 0.5) is 0 Å². The second-order valence-corrected chi connectivity index (χ2v) is 8.93. The van der Waals surface area contributed by atoms with Crippen molar-refractivity contribution in [2.45, 2.75) is 24.2 Å². The molecular weight excluding hydrogens is 416 g/mol. The lowest BCUT2D eigenvalue weighted by Crippen LogP contribution is -2.28. The van der Waals surface area contributed by atoms with Crippen molar-refractivity contribution in [1.82, 2.24) is 15.4 Å². The van der Waals surface area contributed by atoms with Gasteiger partial charge in [0.1, 0.15) is 6.20 Å². The molecule has 0 unspecified atom stereocenters. The maximum atomic E-state index is 7.00. The first-order valence-electron chi connectivity index (χ1n) is 11.1. The third kappa shape index (κ3) is 5.04. The number of aliphatic hydroxyl groups is 1. The van der Waals surface area contributed by atoms with E-state index in [0.29, 0.717) is 0 Å². The topological polar surface area (TPSA) is 65.0 Å².